The molecule has 1 heteroatoms. The van der Waals surface area contributed by atoms with Crippen LogP contribution in [-0.2, 0) is 0 Å². The van der Waals surface area contributed by atoms with Crippen molar-refractivity contribution in [3.05, 3.63) is 132 Å². The van der Waals surface area contributed by atoms with Gasteiger partial charge in [-0.05, 0) is 71.7 Å². The van der Waals surface area contributed by atoms with Gasteiger partial charge in [-0.15, -0.1) is 0 Å². The van der Waals surface area contributed by atoms with E-state index in [0.717, 1.165) is 18.3 Å². The smallest absolute Gasteiger partial charge is 0.0628 e. The predicted molar refractivity (Wildman–Crippen MR) is 188 cm³/mol. The predicted octanol–water partition coefficient (Wildman–Crippen LogP) is 10.8. The molecule has 0 aromatic heterocycles. The van der Waals surface area contributed by atoms with Crippen molar-refractivity contribution < 1.29 is 0 Å². The lowest BCUT2D eigenvalue weighted by Crippen LogP contribution is -2.35. The highest BCUT2D eigenvalue weighted by Crippen LogP contribution is 2.71. The molecule has 0 heterocycles. The fourth-order valence-electron chi connectivity index (χ4n) is 7.22. The second kappa shape index (κ2) is 14.5. The summed E-state index contributed by atoms with van der Waals surface area (Å²) in [5, 5.41) is 4.41. The summed E-state index contributed by atoms with van der Waals surface area (Å²) < 4.78 is 0. The molecular weight excluding hydrogens is 523 g/mol. The van der Waals surface area contributed by atoms with Crippen LogP contribution in [0.15, 0.2) is 121 Å². The number of benzene rings is 4. The second-order valence-electron chi connectivity index (χ2n) is 13.2. The number of fused-ring (bicyclic) bond motifs is 1. The molecule has 0 nitrogen and oxygen atoms in total. The molecule has 42 heavy (non-hydrogen) atoms. The molecule has 0 N–H and O–H groups in total. The van der Waals surface area contributed by atoms with Crippen LogP contribution in [0.1, 0.15) is 89.4 Å². The number of allylic oxidation sites excluding steroid dienone is 1. The van der Waals surface area contributed by atoms with E-state index < -0.39 is 7.26 Å². The quantitative estimate of drug-likeness (QED) is 0.132. The molecular formula is C41H50P+. The molecule has 0 aliphatic heterocycles. The number of hydrogen-bond donors (Lipinski definition) is 0. The Morgan fingerprint density at radius 3 is 1.50 bits per heavy atom. The van der Waals surface area contributed by atoms with Crippen LogP contribution in [0.2, 0.25) is 0 Å². The van der Waals surface area contributed by atoms with Crippen LogP contribution in [0, 0.1) is 17.8 Å². The van der Waals surface area contributed by atoms with E-state index in [4.69, 9.17) is 0 Å². The van der Waals surface area contributed by atoms with Crippen LogP contribution in [-0.4, -0.2) is 0 Å². The normalized spacial score (nSPS) is 16.2. The summed E-state index contributed by atoms with van der Waals surface area (Å²) in [5.74, 6) is 2.33. The van der Waals surface area contributed by atoms with Crippen LogP contribution in [0.3, 0.4) is 0 Å². The van der Waals surface area contributed by atoms with Gasteiger partial charge >= 0.3 is 0 Å². The molecule has 0 saturated carbocycles. The van der Waals surface area contributed by atoms with E-state index in [9.17, 15) is 0 Å². The van der Waals surface area contributed by atoms with Crippen LogP contribution in [0.4, 0.5) is 0 Å². The third kappa shape index (κ3) is 6.82. The molecule has 1 aliphatic carbocycles. The molecule has 4 aromatic carbocycles. The number of rotatable bonds is 14. The highest BCUT2D eigenvalue weighted by molar-refractivity contribution is 7.96. The molecule has 0 bridgehead atoms. The van der Waals surface area contributed by atoms with Gasteiger partial charge in [0.05, 0.1) is 0 Å². The SMILES string of the molecule is CC(C)CCC[C@@H](C)CCC[C@@H](C)CC1=Cc2ccccc2C1[P+](c1ccccc1)(c1ccccc1)c1ccccc1. The average Bonchev–Trinajstić information content (AvgIpc) is 3.37. The van der Waals surface area contributed by atoms with Crippen molar-refractivity contribution in [1.29, 1.82) is 0 Å². The Bertz CT molecular complexity index is 1310. The minimum atomic E-state index is -2.08. The molecule has 0 saturated heterocycles. The average molecular weight is 574 g/mol. The van der Waals surface area contributed by atoms with Gasteiger partial charge in [-0.25, -0.2) is 0 Å². The summed E-state index contributed by atoms with van der Waals surface area (Å²) in [5.41, 5.74) is 4.89. The van der Waals surface area contributed by atoms with Gasteiger partial charge in [0.1, 0.15) is 28.8 Å². The van der Waals surface area contributed by atoms with Crippen molar-refractivity contribution in [2.24, 2.45) is 17.8 Å². The molecule has 4 aromatic rings. The highest BCUT2D eigenvalue weighted by Gasteiger charge is 2.56. The van der Waals surface area contributed by atoms with E-state index in [1.807, 2.05) is 0 Å². The zero-order valence-corrected chi connectivity index (χ0v) is 27.1. The van der Waals surface area contributed by atoms with Gasteiger partial charge in [0.2, 0.25) is 0 Å². The first-order valence-corrected chi connectivity index (χ1v) is 18.2. The highest BCUT2D eigenvalue weighted by atomic mass is 31.2. The van der Waals surface area contributed by atoms with Crippen LogP contribution >= 0.6 is 7.26 Å². The lowest BCUT2D eigenvalue weighted by molar-refractivity contribution is 0.399. The molecule has 0 fully saturated rings. The minimum Gasteiger partial charge on any atom is -0.0628 e. The summed E-state index contributed by atoms with van der Waals surface area (Å²) in [7, 11) is -2.08. The largest absolute Gasteiger partial charge is 0.130 e. The molecule has 3 atom stereocenters. The van der Waals surface area contributed by atoms with Crippen LogP contribution in [0.25, 0.3) is 6.08 Å². The Morgan fingerprint density at radius 2 is 0.976 bits per heavy atom. The monoisotopic (exact) mass is 573 g/mol. The molecule has 1 aliphatic rings. The van der Waals surface area contributed by atoms with Crippen molar-refractivity contribution >= 4 is 29.3 Å². The van der Waals surface area contributed by atoms with E-state index in [-0.39, 0.29) is 0 Å². The first kappa shape index (κ1) is 30.5. The Kier molecular flexibility index (Phi) is 10.5. The molecule has 218 valence electrons. The third-order valence-corrected chi connectivity index (χ3v) is 14.0. The summed E-state index contributed by atoms with van der Waals surface area (Å²) >= 11 is 0. The summed E-state index contributed by atoms with van der Waals surface area (Å²) in [4.78, 5) is 0. The van der Waals surface area contributed by atoms with E-state index in [0.29, 0.717) is 11.6 Å². The fourth-order valence-corrected chi connectivity index (χ4v) is 12.3. The molecule has 0 amide bonds. The van der Waals surface area contributed by atoms with Crippen molar-refractivity contribution in [3.8, 4) is 0 Å². The van der Waals surface area contributed by atoms with Crippen molar-refractivity contribution in [2.75, 3.05) is 0 Å². The maximum Gasteiger partial charge on any atom is 0.130 e. The van der Waals surface area contributed by atoms with Crippen molar-refractivity contribution in [1.82, 2.24) is 0 Å². The molecule has 0 radical (unpaired) electrons. The first-order chi connectivity index (χ1) is 20.5. The molecule has 5 rings (SSSR count). The van der Waals surface area contributed by atoms with Gasteiger partial charge in [0.15, 0.2) is 0 Å². The minimum absolute atomic E-state index is 0.346. The van der Waals surface area contributed by atoms with Gasteiger partial charge in [-0.1, -0.05) is 151 Å². The zero-order chi connectivity index (χ0) is 29.4. The Labute approximate surface area is 256 Å². The van der Waals surface area contributed by atoms with E-state index in [1.54, 1.807) is 5.57 Å². The van der Waals surface area contributed by atoms with Gasteiger partial charge in [0, 0.05) is 5.56 Å². The zero-order valence-electron chi connectivity index (χ0n) is 26.3. The summed E-state index contributed by atoms with van der Waals surface area (Å²) in [6.07, 6.45) is 11.9. The van der Waals surface area contributed by atoms with Gasteiger partial charge < -0.3 is 0 Å². The Hall–Kier alpha value is -2.95. The van der Waals surface area contributed by atoms with Gasteiger partial charge in [0.25, 0.3) is 0 Å². The van der Waals surface area contributed by atoms with Crippen molar-refractivity contribution in [3.63, 3.8) is 0 Å². The summed E-state index contributed by atoms with van der Waals surface area (Å²) in [6, 6.07) is 43.6. The first-order valence-electron chi connectivity index (χ1n) is 16.3. The maximum absolute atomic E-state index is 2.56. The third-order valence-electron chi connectivity index (χ3n) is 9.32. The van der Waals surface area contributed by atoms with E-state index in [1.165, 1.54) is 65.6 Å². The standard InChI is InChI=1S/C41H50P/c1-32(2)18-16-19-33(3)20-17-21-34(4)30-36-31-35-22-14-15-29-40(35)41(36)42(37-23-8-5-9-24-37,38-25-10-6-11-26-38)39-27-12-7-13-28-39/h5-15,22-29,31-34,41H,16-21,30H2,1-4H3/q+1/t33-,34-,41?/m1/s1. The van der Waals surface area contributed by atoms with E-state index >= 15 is 0 Å². The van der Waals surface area contributed by atoms with Crippen molar-refractivity contribution in [2.45, 2.75) is 78.3 Å². The lowest BCUT2D eigenvalue weighted by Gasteiger charge is -2.35. The maximum atomic E-state index is 2.56. The Morgan fingerprint density at radius 1 is 0.524 bits per heavy atom. The fraction of sp³-hybridized carbons (Fsp3) is 0.366. The molecule has 0 spiro atoms. The number of hydrogen-bond acceptors (Lipinski definition) is 0. The van der Waals surface area contributed by atoms with E-state index in [2.05, 4.69) is 149 Å². The second-order valence-corrected chi connectivity index (χ2v) is 16.7. The Balaban J connectivity index is 1.50. The van der Waals surface area contributed by atoms with Crippen LogP contribution in [0.5, 0.6) is 0 Å². The van der Waals surface area contributed by atoms with Crippen LogP contribution < -0.4 is 15.9 Å². The van der Waals surface area contributed by atoms with Gasteiger partial charge in [-0.2, -0.15) is 0 Å². The summed E-state index contributed by atoms with van der Waals surface area (Å²) in [6.45, 7) is 9.66. The molecule has 1 unspecified atom stereocenters. The lowest BCUT2D eigenvalue weighted by atomic mass is 9.91. The topological polar surface area (TPSA) is 0 Å². The van der Waals surface area contributed by atoms with Gasteiger partial charge in [-0.3, -0.25) is 0 Å².